The third-order valence-corrected chi connectivity index (χ3v) is 5.35. The number of aryl methyl sites for hydroxylation is 1. The summed E-state index contributed by atoms with van der Waals surface area (Å²) in [5.74, 6) is -0.0390. The molecule has 3 rings (SSSR count). The van der Waals surface area contributed by atoms with E-state index in [2.05, 4.69) is 4.90 Å². The molecule has 0 saturated carbocycles. The third-order valence-electron chi connectivity index (χ3n) is 5.35. The second kappa shape index (κ2) is 7.49. The van der Waals surface area contributed by atoms with Gasteiger partial charge in [-0.1, -0.05) is 0 Å². The van der Waals surface area contributed by atoms with E-state index in [-0.39, 0.29) is 17.6 Å². The Kier molecular flexibility index (Phi) is 5.36. The number of carbonyl (C=O) groups is 1. The van der Waals surface area contributed by atoms with Crippen LogP contribution in [0.25, 0.3) is 0 Å². The fourth-order valence-electron chi connectivity index (χ4n) is 3.77. The van der Waals surface area contributed by atoms with E-state index in [9.17, 15) is 14.7 Å². The summed E-state index contributed by atoms with van der Waals surface area (Å²) in [5, 5.41) is 9.62. The summed E-state index contributed by atoms with van der Waals surface area (Å²) >= 11 is 0. The van der Waals surface area contributed by atoms with E-state index in [0.29, 0.717) is 18.2 Å². The van der Waals surface area contributed by atoms with Crippen LogP contribution in [0.4, 0.5) is 0 Å². The molecular formula is C18H27N3O3. The van der Waals surface area contributed by atoms with Gasteiger partial charge < -0.3 is 19.5 Å². The van der Waals surface area contributed by atoms with Gasteiger partial charge in [-0.25, -0.2) is 0 Å². The van der Waals surface area contributed by atoms with E-state index in [1.165, 1.54) is 6.07 Å². The van der Waals surface area contributed by atoms with E-state index in [1.807, 2.05) is 11.8 Å². The Hall–Kier alpha value is -1.66. The van der Waals surface area contributed by atoms with Gasteiger partial charge in [0.1, 0.15) is 0 Å². The second-order valence-corrected chi connectivity index (χ2v) is 6.83. The van der Waals surface area contributed by atoms with Gasteiger partial charge in [0.05, 0.1) is 6.10 Å². The zero-order chi connectivity index (χ0) is 17.1. The molecule has 2 aliphatic heterocycles. The van der Waals surface area contributed by atoms with Crippen molar-refractivity contribution < 1.29 is 9.90 Å². The summed E-state index contributed by atoms with van der Waals surface area (Å²) in [7, 11) is 0. The lowest BCUT2D eigenvalue weighted by atomic mass is 9.98. The van der Waals surface area contributed by atoms with Gasteiger partial charge in [-0.2, -0.15) is 0 Å². The quantitative estimate of drug-likeness (QED) is 0.894. The van der Waals surface area contributed by atoms with Gasteiger partial charge in [0.25, 0.3) is 11.5 Å². The molecule has 0 spiro atoms. The summed E-state index contributed by atoms with van der Waals surface area (Å²) < 4.78 is 1.59. The SMILES string of the molecule is CCn1ccc(C(=O)N2CCC(N3CCC(O)CC3)CC2)cc1=O. The zero-order valence-corrected chi connectivity index (χ0v) is 14.4. The van der Waals surface area contributed by atoms with Crippen molar-refractivity contribution in [2.45, 2.75) is 51.3 Å². The zero-order valence-electron chi connectivity index (χ0n) is 14.4. The molecule has 0 aromatic carbocycles. The number of pyridine rings is 1. The Morgan fingerprint density at radius 2 is 1.83 bits per heavy atom. The number of carbonyl (C=O) groups excluding carboxylic acids is 1. The highest BCUT2D eigenvalue weighted by Gasteiger charge is 2.29. The average molecular weight is 333 g/mol. The van der Waals surface area contributed by atoms with Crippen LogP contribution in [0.2, 0.25) is 0 Å². The lowest BCUT2D eigenvalue weighted by Gasteiger charge is -2.41. The van der Waals surface area contributed by atoms with Gasteiger partial charge in [-0.05, 0) is 38.7 Å². The Bertz CT molecular complexity index is 627. The van der Waals surface area contributed by atoms with E-state index in [4.69, 9.17) is 0 Å². The summed E-state index contributed by atoms with van der Waals surface area (Å²) in [4.78, 5) is 28.8. The fourth-order valence-corrected chi connectivity index (χ4v) is 3.77. The van der Waals surface area contributed by atoms with E-state index in [1.54, 1.807) is 16.8 Å². The minimum Gasteiger partial charge on any atom is -0.393 e. The third kappa shape index (κ3) is 3.70. The number of piperidine rings is 2. The number of nitrogens with zero attached hydrogens (tertiary/aromatic N) is 3. The van der Waals surface area contributed by atoms with E-state index >= 15 is 0 Å². The van der Waals surface area contributed by atoms with Crippen molar-refractivity contribution in [1.29, 1.82) is 0 Å². The van der Waals surface area contributed by atoms with Crippen molar-refractivity contribution in [2.75, 3.05) is 26.2 Å². The lowest BCUT2D eigenvalue weighted by Crippen LogP contribution is -2.49. The van der Waals surface area contributed by atoms with Crippen molar-refractivity contribution in [3.05, 3.63) is 34.2 Å². The summed E-state index contributed by atoms with van der Waals surface area (Å²) in [6.45, 7) is 5.90. The molecule has 1 N–H and O–H groups in total. The van der Waals surface area contributed by atoms with Crippen LogP contribution >= 0.6 is 0 Å². The predicted octanol–water partition coefficient (Wildman–Crippen LogP) is 0.929. The normalized spacial score (nSPS) is 21.2. The van der Waals surface area contributed by atoms with Crippen LogP contribution < -0.4 is 5.56 Å². The first-order chi connectivity index (χ1) is 11.6. The molecule has 0 radical (unpaired) electrons. The fraction of sp³-hybridized carbons (Fsp3) is 0.667. The number of aliphatic hydroxyl groups excluding tert-OH is 1. The smallest absolute Gasteiger partial charge is 0.254 e. The molecule has 6 nitrogen and oxygen atoms in total. The minimum absolute atomic E-state index is 0.0390. The first kappa shape index (κ1) is 17.2. The largest absolute Gasteiger partial charge is 0.393 e. The van der Waals surface area contributed by atoms with Crippen molar-refractivity contribution >= 4 is 5.91 Å². The Balaban J connectivity index is 1.57. The molecule has 1 amide bonds. The van der Waals surface area contributed by atoms with Crippen molar-refractivity contribution in [2.24, 2.45) is 0 Å². The van der Waals surface area contributed by atoms with Crippen LogP contribution in [-0.4, -0.2) is 63.7 Å². The highest BCUT2D eigenvalue weighted by Crippen LogP contribution is 2.22. The van der Waals surface area contributed by atoms with Gasteiger partial charge in [-0.15, -0.1) is 0 Å². The molecule has 3 heterocycles. The molecule has 2 aliphatic rings. The number of likely N-dealkylation sites (tertiary alicyclic amines) is 2. The molecular weight excluding hydrogens is 306 g/mol. The summed E-state index contributed by atoms with van der Waals surface area (Å²) in [6.07, 6.45) is 5.19. The number of hydrogen-bond acceptors (Lipinski definition) is 4. The number of amides is 1. The predicted molar refractivity (Wildman–Crippen MR) is 92.1 cm³/mol. The lowest BCUT2D eigenvalue weighted by molar-refractivity contribution is 0.0357. The molecule has 24 heavy (non-hydrogen) atoms. The number of aromatic nitrogens is 1. The molecule has 0 atom stereocenters. The first-order valence-electron chi connectivity index (χ1n) is 9.00. The highest BCUT2D eigenvalue weighted by atomic mass is 16.3. The monoisotopic (exact) mass is 333 g/mol. The average Bonchev–Trinajstić information content (AvgIpc) is 2.62. The number of aliphatic hydroxyl groups is 1. The van der Waals surface area contributed by atoms with Crippen LogP contribution in [0, 0.1) is 0 Å². The molecule has 0 bridgehead atoms. The summed E-state index contributed by atoms with van der Waals surface area (Å²) in [5.41, 5.74) is 0.370. The Labute approximate surface area is 142 Å². The molecule has 2 saturated heterocycles. The van der Waals surface area contributed by atoms with Crippen LogP contribution in [0.3, 0.4) is 0 Å². The number of hydrogen-bond donors (Lipinski definition) is 1. The van der Waals surface area contributed by atoms with Crippen LogP contribution in [0.15, 0.2) is 23.1 Å². The maximum absolute atomic E-state index is 12.6. The van der Waals surface area contributed by atoms with E-state index < -0.39 is 0 Å². The van der Waals surface area contributed by atoms with Gasteiger partial charge in [0, 0.05) is 56.6 Å². The van der Waals surface area contributed by atoms with E-state index in [0.717, 1.165) is 51.9 Å². The standard InChI is InChI=1S/C18H27N3O3/c1-2-19-8-3-14(13-17(19)23)18(24)21-9-4-15(5-10-21)20-11-6-16(22)7-12-20/h3,8,13,15-16,22H,2,4-7,9-12H2,1H3. The van der Waals surface area contributed by atoms with Crippen molar-refractivity contribution in [1.82, 2.24) is 14.4 Å². The van der Waals surface area contributed by atoms with Gasteiger partial charge in [0.15, 0.2) is 0 Å². The second-order valence-electron chi connectivity index (χ2n) is 6.83. The maximum Gasteiger partial charge on any atom is 0.254 e. The molecule has 2 fully saturated rings. The number of rotatable bonds is 3. The maximum atomic E-state index is 12.6. The van der Waals surface area contributed by atoms with Gasteiger partial charge in [0.2, 0.25) is 0 Å². The molecule has 6 heteroatoms. The van der Waals surface area contributed by atoms with Gasteiger partial charge >= 0.3 is 0 Å². The highest BCUT2D eigenvalue weighted by molar-refractivity contribution is 5.94. The van der Waals surface area contributed by atoms with Crippen molar-refractivity contribution in [3.63, 3.8) is 0 Å². The first-order valence-corrected chi connectivity index (χ1v) is 9.00. The van der Waals surface area contributed by atoms with Crippen LogP contribution in [-0.2, 0) is 6.54 Å². The molecule has 1 aromatic rings. The Morgan fingerprint density at radius 1 is 1.17 bits per heavy atom. The molecule has 0 aliphatic carbocycles. The molecule has 0 unspecified atom stereocenters. The molecule has 132 valence electrons. The Morgan fingerprint density at radius 3 is 2.42 bits per heavy atom. The topological polar surface area (TPSA) is 65.8 Å². The molecule has 1 aromatic heterocycles. The van der Waals surface area contributed by atoms with Crippen molar-refractivity contribution in [3.8, 4) is 0 Å². The van der Waals surface area contributed by atoms with Crippen LogP contribution in [0.5, 0.6) is 0 Å². The van der Waals surface area contributed by atoms with Crippen LogP contribution in [0.1, 0.15) is 43.0 Å². The van der Waals surface area contributed by atoms with Gasteiger partial charge in [-0.3, -0.25) is 9.59 Å². The summed E-state index contributed by atoms with van der Waals surface area (Å²) in [6, 6.07) is 3.70. The minimum atomic E-state index is -0.145.